The van der Waals surface area contributed by atoms with Gasteiger partial charge < -0.3 is 9.40 Å². The van der Waals surface area contributed by atoms with Gasteiger partial charge in [-0.3, -0.25) is 9.36 Å². The van der Waals surface area contributed by atoms with Crippen molar-refractivity contribution in [2.75, 3.05) is 0 Å². The van der Waals surface area contributed by atoms with Crippen molar-refractivity contribution in [3.05, 3.63) is 69.1 Å². The molecule has 0 aliphatic heterocycles. The van der Waals surface area contributed by atoms with Crippen LogP contribution in [0.3, 0.4) is 0 Å². The molecule has 5 aromatic rings. The Kier molecular flexibility index (Phi) is 3.14. The molecule has 3 aromatic heterocycles. The molecule has 2 aromatic carbocycles. The smallest absolute Gasteiger partial charge is 0.284 e. The van der Waals surface area contributed by atoms with Crippen molar-refractivity contribution in [2.24, 2.45) is 0 Å². The van der Waals surface area contributed by atoms with Crippen molar-refractivity contribution in [1.29, 1.82) is 0 Å². The first-order chi connectivity index (χ1) is 12.6. The van der Waals surface area contributed by atoms with Crippen LogP contribution in [0.1, 0.15) is 11.5 Å². The third-order valence-electron chi connectivity index (χ3n) is 4.65. The maximum Gasteiger partial charge on any atom is 0.284 e. The molecule has 0 amide bonds. The maximum atomic E-state index is 13.1. The highest BCUT2D eigenvalue weighted by Gasteiger charge is 2.17. The number of hydrogen-bond acceptors (Lipinski definition) is 4. The van der Waals surface area contributed by atoms with Gasteiger partial charge in [-0.05, 0) is 42.7 Å². The van der Waals surface area contributed by atoms with Gasteiger partial charge in [0.2, 0.25) is 5.89 Å². The van der Waals surface area contributed by atoms with Crippen molar-refractivity contribution < 1.29 is 4.42 Å². The van der Waals surface area contributed by atoms with Crippen LogP contribution in [0.4, 0.5) is 0 Å². The quantitative estimate of drug-likeness (QED) is 0.465. The SMILES string of the molecule is Cc1ccc2[nH]c3c(c2c1)c1ccccc1c(=O)n3Cc1n[nH]c(=S)o1. The minimum atomic E-state index is -0.0968. The van der Waals surface area contributed by atoms with E-state index in [2.05, 4.69) is 34.2 Å². The Bertz CT molecular complexity index is 1420. The Hall–Kier alpha value is -3.19. The van der Waals surface area contributed by atoms with Crippen molar-refractivity contribution in [1.82, 2.24) is 19.7 Å². The van der Waals surface area contributed by atoms with Crippen LogP contribution in [0.15, 0.2) is 51.7 Å². The zero-order valence-corrected chi connectivity index (χ0v) is 14.7. The summed E-state index contributed by atoms with van der Waals surface area (Å²) in [4.78, 5) is 16.7. The molecular formula is C19H14N4O2S. The lowest BCUT2D eigenvalue weighted by Gasteiger charge is -2.08. The molecule has 0 radical (unpaired) electrons. The van der Waals surface area contributed by atoms with Gasteiger partial charge in [0.1, 0.15) is 12.2 Å². The third-order valence-corrected chi connectivity index (χ3v) is 4.83. The van der Waals surface area contributed by atoms with Gasteiger partial charge in [0.05, 0.1) is 0 Å². The summed E-state index contributed by atoms with van der Waals surface area (Å²) < 4.78 is 7.03. The Morgan fingerprint density at radius 2 is 1.96 bits per heavy atom. The third kappa shape index (κ3) is 2.14. The van der Waals surface area contributed by atoms with Gasteiger partial charge in [-0.2, -0.15) is 0 Å². The number of rotatable bonds is 2. The molecule has 0 saturated carbocycles. The molecule has 0 aliphatic rings. The van der Waals surface area contributed by atoms with E-state index < -0.39 is 0 Å². The molecule has 0 atom stereocenters. The van der Waals surface area contributed by atoms with E-state index in [4.69, 9.17) is 16.6 Å². The molecule has 2 N–H and O–H groups in total. The van der Waals surface area contributed by atoms with Crippen molar-refractivity contribution >= 4 is 44.9 Å². The summed E-state index contributed by atoms with van der Waals surface area (Å²) in [6.45, 7) is 2.25. The van der Waals surface area contributed by atoms with Gasteiger partial charge in [0, 0.05) is 21.7 Å². The average Bonchev–Trinajstić information content (AvgIpc) is 3.21. The molecule has 0 spiro atoms. The van der Waals surface area contributed by atoms with Gasteiger partial charge in [-0.15, -0.1) is 5.10 Å². The highest BCUT2D eigenvalue weighted by molar-refractivity contribution is 7.71. The maximum absolute atomic E-state index is 13.1. The van der Waals surface area contributed by atoms with Crippen LogP contribution in [0.25, 0.3) is 32.7 Å². The van der Waals surface area contributed by atoms with E-state index in [1.807, 2.05) is 30.3 Å². The van der Waals surface area contributed by atoms with Gasteiger partial charge >= 0.3 is 0 Å². The molecule has 0 aliphatic carbocycles. The number of nitrogens with zero attached hydrogens (tertiary/aromatic N) is 2. The number of aryl methyl sites for hydroxylation is 1. The predicted molar refractivity (Wildman–Crippen MR) is 103 cm³/mol. The highest BCUT2D eigenvalue weighted by Crippen LogP contribution is 2.31. The minimum absolute atomic E-state index is 0.0968. The topological polar surface area (TPSA) is 79.6 Å². The molecule has 6 nitrogen and oxygen atoms in total. The monoisotopic (exact) mass is 362 g/mol. The molecule has 26 heavy (non-hydrogen) atoms. The first kappa shape index (κ1) is 15.1. The Morgan fingerprint density at radius 1 is 1.15 bits per heavy atom. The number of aromatic nitrogens is 4. The molecule has 0 fully saturated rings. The number of benzene rings is 2. The summed E-state index contributed by atoms with van der Waals surface area (Å²) in [6.07, 6.45) is 0. The van der Waals surface area contributed by atoms with Crippen LogP contribution in [0.5, 0.6) is 0 Å². The van der Waals surface area contributed by atoms with Gasteiger partial charge in [-0.1, -0.05) is 29.8 Å². The molecular weight excluding hydrogens is 348 g/mol. The Morgan fingerprint density at radius 3 is 2.73 bits per heavy atom. The van der Waals surface area contributed by atoms with E-state index in [-0.39, 0.29) is 16.9 Å². The second-order valence-corrected chi connectivity index (χ2v) is 6.71. The van der Waals surface area contributed by atoms with Gasteiger partial charge in [0.15, 0.2) is 0 Å². The van der Waals surface area contributed by atoms with Crippen LogP contribution in [0.2, 0.25) is 0 Å². The molecule has 3 heterocycles. The summed E-state index contributed by atoms with van der Waals surface area (Å²) >= 11 is 4.94. The number of H-pyrrole nitrogens is 2. The summed E-state index contributed by atoms with van der Waals surface area (Å²) in [7, 11) is 0. The van der Waals surface area contributed by atoms with Crippen LogP contribution < -0.4 is 5.56 Å². The van der Waals surface area contributed by atoms with Gasteiger partial charge in [0.25, 0.3) is 10.4 Å². The number of nitrogens with one attached hydrogen (secondary N) is 2. The second-order valence-electron chi connectivity index (χ2n) is 6.34. The first-order valence-corrected chi connectivity index (χ1v) is 8.60. The van der Waals surface area contributed by atoms with Crippen LogP contribution >= 0.6 is 12.2 Å². The number of hydrogen-bond donors (Lipinski definition) is 2. The van der Waals surface area contributed by atoms with Crippen LogP contribution in [0, 0.1) is 11.8 Å². The summed E-state index contributed by atoms with van der Waals surface area (Å²) in [5, 5.41) is 10.3. The summed E-state index contributed by atoms with van der Waals surface area (Å²) in [6, 6.07) is 13.9. The molecule has 7 heteroatoms. The lowest BCUT2D eigenvalue weighted by atomic mass is 10.1. The van der Waals surface area contributed by atoms with Crippen molar-refractivity contribution in [3.8, 4) is 0 Å². The predicted octanol–water partition coefficient (Wildman–Crippen LogP) is 4.04. The van der Waals surface area contributed by atoms with E-state index in [0.717, 1.165) is 27.3 Å². The number of pyridine rings is 1. The van der Waals surface area contributed by atoms with E-state index in [0.29, 0.717) is 11.3 Å². The van der Waals surface area contributed by atoms with Gasteiger partial charge in [-0.25, -0.2) is 5.10 Å². The van der Waals surface area contributed by atoms with Crippen molar-refractivity contribution in [3.63, 3.8) is 0 Å². The highest BCUT2D eigenvalue weighted by atomic mass is 32.1. The van der Waals surface area contributed by atoms with E-state index in [9.17, 15) is 4.79 Å². The minimum Gasteiger partial charge on any atom is -0.412 e. The van der Waals surface area contributed by atoms with E-state index >= 15 is 0 Å². The lowest BCUT2D eigenvalue weighted by Crippen LogP contribution is -2.21. The van der Waals surface area contributed by atoms with E-state index in [1.54, 1.807) is 4.57 Å². The molecule has 0 bridgehead atoms. The number of fused-ring (bicyclic) bond motifs is 5. The largest absolute Gasteiger partial charge is 0.412 e. The normalized spacial score (nSPS) is 11.7. The van der Waals surface area contributed by atoms with E-state index in [1.165, 1.54) is 5.56 Å². The molecule has 128 valence electrons. The fourth-order valence-electron chi connectivity index (χ4n) is 3.52. The van der Waals surface area contributed by atoms with Crippen LogP contribution in [-0.2, 0) is 6.54 Å². The second kappa shape index (κ2) is 5.40. The fourth-order valence-corrected chi connectivity index (χ4v) is 3.66. The molecule has 0 saturated heterocycles. The summed E-state index contributed by atoms with van der Waals surface area (Å²) in [5.41, 5.74) is 2.80. The Balaban J connectivity index is 1.96. The Labute approximate surface area is 152 Å². The zero-order valence-electron chi connectivity index (χ0n) is 13.9. The van der Waals surface area contributed by atoms with Crippen molar-refractivity contribution in [2.45, 2.75) is 13.5 Å². The number of aromatic amines is 2. The molecule has 0 unspecified atom stereocenters. The summed E-state index contributed by atoms with van der Waals surface area (Å²) in [5.74, 6) is 0.364. The zero-order chi connectivity index (χ0) is 17.8. The lowest BCUT2D eigenvalue weighted by molar-refractivity contribution is 0.466. The fraction of sp³-hybridized carbons (Fsp3) is 0.105. The standard InChI is InChI=1S/C19H14N4O2S/c1-10-6-7-14-13(8-10)16-11-4-2-3-5-12(11)18(24)23(17(16)20-14)9-15-21-22-19(26)25-15/h2-8,20H,9H2,1H3,(H,22,26). The average molecular weight is 362 g/mol. The first-order valence-electron chi connectivity index (χ1n) is 8.20. The molecule has 5 rings (SSSR count). The van der Waals surface area contributed by atoms with Crippen LogP contribution in [-0.4, -0.2) is 19.7 Å².